The summed E-state index contributed by atoms with van der Waals surface area (Å²) in [4.78, 5) is 40.5. The van der Waals surface area contributed by atoms with Gasteiger partial charge >= 0.3 is 11.9 Å². The highest BCUT2D eigenvalue weighted by molar-refractivity contribution is 6.05. The number of nitrogens with one attached hydrogen (secondary N) is 1. The molecule has 0 radical (unpaired) electrons. The molecule has 0 atom stereocenters. The molecule has 222 valence electrons. The van der Waals surface area contributed by atoms with Crippen molar-refractivity contribution in [2.45, 2.75) is 0 Å². The van der Waals surface area contributed by atoms with Crippen LogP contribution in [-0.2, 0) is 0 Å². The van der Waals surface area contributed by atoms with Gasteiger partial charge in [0.1, 0.15) is 34.0 Å². The maximum absolute atomic E-state index is 13.3. The first-order valence-corrected chi connectivity index (χ1v) is 13.0. The van der Waals surface area contributed by atoms with E-state index < -0.39 is 29.3 Å². The van der Waals surface area contributed by atoms with Gasteiger partial charge in [-0.05, 0) is 48.5 Å². The number of hydrogen-bond donors (Lipinski definition) is 5. The van der Waals surface area contributed by atoms with Crippen LogP contribution in [0.25, 0.3) is 34.2 Å². The number of aromatic hydroxyl groups is 2. The number of phenols is 2. The molecule has 0 spiro atoms. The van der Waals surface area contributed by atoms with Crippen molar-refractivity contribution >= 4 is 23.5 Å². The van der Waals surface area contributed by atoms with Crippen molar-refractivity contribution in [2.24, 2.45) is 0 Å². The largest absolute Gasteiger partial charge is 0.507 e. The molecule has 0 aliphatic heterocycles. The Hall–Kier alpha value is -6.90. The smallest absolute Gasteiger partial charge is 0.339 e. The van der Waals surface area contributed by atoms with Gasteiger partial charge in [0.2, 0.25) is 0 Å². The third-order valence-corrected chi connectivity index (χ3v) is 6.58. The Balaban J connectivity index is 1.39. The third-order valence-electron chi connectivity index (χ3n) is 6.58. The first-order chi connectivity index (χ1) is 21.7. The molecule has 3 aromatic carbocycles. The number of carbonyl (C=O) groups excluding carboxylic acids is 1. The van der Waals surface area contributed by atoms with Gasteiger partial charge in [0.15, 0.2) is 0 Å². The van der Waals surface area contributed by atoms with E-state index in [4.69, 9.17) is 0 Å². The summed E-state index contributed by atoms with van der Waals surface area (Å²) in [7, 11) is 0. The Labute approximate surface area is 252 Å². The molecule has 3 aromatic heterocycles. The quantitative estimate of drug-likeness (QED) is 0.168. The Morgan fingerprint density at radius 1 is 0.622 bits per heavy atom. The number of hydrogen-bond acceptors (Lipinski definition) is 10. The van der Waals surface area contributed by atoms with Crippen LogP contribution in [0.1, 0.15) is 31.1 Å². The molecule has 6 aromatic rings. The molecular weight excluding hydrogens is 584 g/mol. The zero-order chi connectivity index (χ0) is 31.7. The molecule has 3 heterocycles. The summed E-state index contributed by atoms with van der Waals surface area (Å²) < 4.78 is 2.62. The highest BCUT2D eigenvalue weighted by Crippen LogP contribution is 2.27. The number of aromatic carboxylic acids is 2. The van der Waals surface area contributed by atoms with E-state index in [2.05, 4.69) is 30.9 Å². The van der Waals surface area contributed by atoms with Crippen molar-refractivity contribution in [1.82, 2.24) is 35.0 Å². The monoisotopic (exact) mass is 604 g/mol. The molecule has 0 aliphatic rings. The minimum atomic E-state index is -1.29. The third kappa shape index (κ3) is 5.76. The molecular formula is C30H20N8O7. The van der Waals surface area contributed by atoms with Crippen LogP contribution in [-0.4, -0.2) is 73.2 Å². The summed E-state index contributed by atoms with van der Waals surface area (Å²) in [5, 5.41) is 57.9. The molecule has 0 saturated heterocycles. The lowest BCUT2D eigenvalue weighted by Crippen LogP contribution is -2.12. The van der Waals surface area contributed by atoms with E-state index in [9.17, 15) is 34.8 Å². The van der Waals surface area contributed by atoms with Gasteiger partial charge in [-0.25, -0.2) is 23.9 Å². The van der Waals surface area contributed by atoms with Crippen molar-refractivity contribution in [3.05, 3.63) is 108 Å². The van der Waals surface area contributed by atoms with Crippen molar-refractivity contribution in [2.75, 3.05) is 5.32 Å². The number of nitrogens with zero attached hydrogens (tertiary/aromatic N) is 7. The number of para-hydroxylation sites is 1. The van der Waals surface area contributed by atoms with Crippen molar-refractivity contribution in [1.29, 1.82) is 0 Å². The van der Waals surface area contributed by atoms with Crippen LogP contribution < -0.4 is 5.32 Å². The van der Waals surface area contributed by atoms with Gasteiger partial charge in [-0.3, -0.25) is 4.79 Å². The number of anilines is 1. The van der Waals surface area contributed by atoms with Crippen molar-refractivity contribution in [3.8, 4) is 45.6 Å². The fraction of sp³-hybridized carbons (Fsp3) is 0. The van der Waals surface area contributed by atoms with Crippen molar-refractivity contribution in [3.63, 3.8) is 0 Å². The number of carboxylic acid groups (broad SMARTS) is 2. The lowest BCUT2D eigenvalue weighted by molar-refractivity contribution is 0.0682. The second-order valence-corrected chi connectivity index (χ2v) is 9.56. The molecule has 0 fully saturated rings. The van der Waals surface area contributed by atoms with Gasteiger partial charge in [-0.1, -0.05) is 28.6 Å². The van der Waals surface area contributed by atoms with Gasteiger partial charge < -0.3 is 25.7 Å². The van der Waals surface area contributed by atoms with Crippen LogP contribution in [0.5, 0.6) is 11.5 Å². The van der Waals surface area contributed by atoms with E-state index in [1.54, 1.807) is 24.3 Å². The first kappa shape index (κ1) is 28.2. The molecule has 5 N–H and O–H groups in total. The number of benzene rings is 3. The maximum atomic E-state index is 13.3. The van der Waals surface area contributed by atoms with Crippen molar-refractivity contribution < 1.29 is 34.8 Å². The number of rotatable bonds is 8. The first-order valence-electron chi connectivity index (χ1n) is 13.0. The lowest BCUT2D eigenvalue weighted by Gasteiger charge is -2.08. The molecule has 45 heavy (non-hydrogen) atoms. The van der Waals surface area contributed by atoms with E-state index in [-0.39, 0.29) is 39.5 Å². The second-order valence-electron chi connectivity index (χ2n) is 9.56. The van der Waals surface area contributed by atoms with Crippen LogP contribution in [0, 0.1) is 0 Å². The predicted molar refractivity (Wildman–Crippen MR) is 157 cm³/mol. The number of amides is 1. The molecule has 1 amide bonds. The Morgan fingerprint density at radius 3 is 1.56 bits per heavy atom. The van der Waals surface area contributed by atoms with E-state index in [0.717, 1.165) is 0 Å². The highest BCUT2D eigenvalue weighted by Gasteiger charge is 2.19. The van der Waals surface area contributed by atoms with E-state index in [0.29, 0.717) is 17.1 Å². The van der Waals surface area contributed by atoms with Crippen LogP contribution in [0.4, 0.5) is 5.69 Å². The predicted octanol–water partition coefficient (Wildman–Crippen LogP) is 3.64. The average molecular weight is 605 g/mol. The summed E-state index contributed by atoms with van der Waals surface area (Å²) in [5.41, 5.74) is 1.84. The molecule has 0 aliphatic carbocycles. The zero-order valence-corrected chi connectivity index (χ0v) is 22.8. The topological polar surface area (TPSA) is 218 Å². The number of carboxylic acids is 2. The summed E-state index contributed by atoms with van der Waals surface area (Å²) in [6.45, 7) is 0. The molecule has 0 unspecified atom stereocenters. The zero-order valence-electron chi connectivity index (χ0n) is 22.8. The second kappa shape index (κ2) is 11.4. The Kier molecular flexibility index (Phi) is 7.16. The fourth-order valence-electron chi connectivity index (χ4n) is 4.35. The van der Waals surface area contributed by atoms with Gasteiger partial charge in [-0.2, -0.15) is 0 Å². The minimum Gasteiger partial charge on any atom is -0.507 e. The standard InChI is InChI=1S/C30H20N8O7/c39-26-12-18(6-8-20(26)29(42)43)37-14-24(33-35-37)22-10-16(28(41)31-17-4-2-1-3-5-17)11-23(32-22)25-15-38(36-34-25)19-7-9-21(30(44)45)27(40)13-19/h1-15,39-40H,(H,31,41)(H,42,43)(H,44,45). The molecule has 0 saturated carbocycles. The van der Waals surface area contributed by atoms with Crippen LogP contribution >= 0.6 is 0 Å². The summed E-state index contributed by atoms with van der Waals surface area (Å²) in [6.07, 6.45) is 2.98. The number of carbonyl (C=O) groups is 3. The Morgan fingerprint density at radius 2 is 1.11 bits per heavy atom. The summed E-state index contributed by atoms with van der Waals surface area (Å²) >= 11 is 0. The molecule has 15 heteroatoms. The van der Waals surface area contributed by atoms with E-state index in [1.165, 1.54) is 70.3 Å². The summed E-state index contributed by atoms with van der Waals surface area (Å²) in [5.74, 6) is -3.93. The van der Waals surface area contributed by atoms with Gasteiger partial charge in [0.25, 0.3) is 5.91 Å². The van der Waals surface area contributed by atoms with E-state index >= 15 is 0 Å². The number of pyridine rings is 1. The average Bonchev–Trinajstić information content (AvgIpc) is 3.72. The summed E-state index contributed by atoms with van der Waals surface area (Å²) in [6, 6.07) is 19.7. The fourth-order valence-corrected chi connectivity index (χ4v) is 4.35. The highest BCUT2D eigenvalue weighted by atomic mass is 16.4. The lowest BCUT2D eigenvalue weighted by atomic mass is 10.1. The van der Waals surface area contributed by atoms with Crippen LogP contribution in [0.3, 0.4) is 0 Å². The van der Waals surface area contributed by atoms with Crippen LogP contribution in [0.15, 0.2) is 91.3 Å². The Bertz CT molecular complexity index is 1990. The SMILES string of the molecule is O=C(Nc1ccccc1)c1cc(-c2cn(-c3ccc(C(=O)O)c(O)c3)nn2)nc(-c2cn(-c3ccc(C(=O)O)c(O)c3)nn2)c1. The molecule has 0 bridgehead atoms. The van der Waals surface area contributed by atoms with Crippen LogP contribution in [0.2, 0.25) is 0 Å². The normalized spacial score (nSPS) is 10.8. The van der Waals surface area contributed by atoms with Gasteiger partial charge in [0.05, 0.1) is 35.2 Å². The number of aromatic nitrogens is 7. The molecule has 15 nitrogen and oxygen atoms in total. The molecule has 6 rings (SSSR count). The van der Waals surface area contributed by atoms with Gasteiger partial charge in [-0.15, -0.1) is 10.2 Å². The maximum Gasteiger partial charge on any atom is 0.339 e. The minimum absolute atomic E-state index is 0.204. The van der Waals surface area contributed by atoms with Gasteiger partial charge in [0, 0.05) is 23.4 Å². The van der Waals surface area contributed by atoms with E-state index in [1.807, 2.05) is 6.07 Å².